The highest BCUT2D eigenvalue weighted by molar-refractivity contribution is 7.80. The second-order valence-corrected chi connectivity index (χ2v) is 7.11. The molecule has 3 nitrogen and oxygen atoms in total. The molecule has 138 valence electrons. The lowest BCUT2D eigenvalue weighted by Gasteiger charge is -2.36. The molecule has 0 spiro atoms. The van der Waals surface area contributed by atoms with Gasteiger partial charge < -0.3 is 10.2 Å². The van der Waals surface area contributed by atoms with E-state index < -0.39 is 11.6 Å². The monoisotopic (exact) mass is 375 g/mol. The van der Waals surface area contributed by atoms with Crippen molar-refractivity contribution >= 4 is 23.0 Å². The maximum Gasteiger partial charge on any atom is 0.173 e. The van der Waals surface area contributed by atoms with Crippen LogP contribution < -0.4 is 5.32 Å². The first kappa shape index (κ1) is 18.7. The number of halogens is 2. The Morgan fingerprint density at radius 3 is 2.50 bits per heavy atom. The van der Waals surface area contributed by atoms with E-state index in [4.69, 9.17) is 12.2 Å². The Morgan fingerprint density at radius 2 is 1.81 bits per heavy atom. The van der Waals surface area contributed by atoms with E-state index in [-0.39, 0.29) is 0 Å². The highest BCUT2D eigenvalue weighted by atomic mass is 32.1. The van der Waals surface area contributed by atoms with E-state index >= 15 is 0 Å². The van der Waals surface area contributed by atoms with Crippen molar-refractivity contribution in [1.29, 1.82) is 0 Å². The van der Waals surface area contributed by atoms with Crippen LogP contribution in [0.5, 0.6) is 0 Å². The number of hydrogen-bond donors (Lipinski definition) is 1. The molecule has 2 aromatic carbocycles. The van der Waals surface area contributed by atoms with Gasteiger partial charge in [0.15, 0.2) is 16.7 Å². The van der Waals surface area contributed by atoms with Crippen molar-refractivity contribution in [1.82, 2.24) is 9.80 Å². The van der Waals surface area contributed by atoms with Gasteiger partial charge in [0, 0.05) is 44.0 Å². The number of thiocarbonyl (C=S) groups is 1. The Hall–Kier alpha value is -2.05. The molecule has 1 aliphatic heterocycles. The van der Waals surface area contributed by atoms with Gasteiger partial charge >= 0.3 is 0 Å². The number of benzene rings is 2. The highest BCUT2D eigenvalue weighted by Crippen LogP contribution is 2.18. The molecular formula is C20H23F2N3S. The first-order chi connectivity index (χ1) is 12.4. The summed E-state index contributed by atoms with van der Waals surface area (Å²) in [6.45, 7) is 7.56. The molecule has 0 bridgehead atoms. The Labute approximate surface area is 158 Å². The molecule has 1 N–H and O–H groups in total. The lowest BCUT2D eigenvalue weighted by molar-refractivity contribution is 0.175. The Kier molecular flexibility index (Phi) is 5.84. The summed E-state index contributed by atoms with van der Waals surface area (Å²) in [5.41, 5.74) is 3.80. The topological polar surface area (TPSA) is 18.5 Å². The van der Waals surface area contributed by atoms with Gasteiger partial charge in [-0.25, -0.2) is 8.78 Å². The third-order valence-electron chi connectivity index (χ3n) is 4.71. The van der Waals surface area contributed by atoms with E-state index in [1.165, 1.54) is 5.56 Å². The number of nitrogens with zero attached hydrogens (tertiary/aromatic N) is 2. The number of rotatable bonds is 3. The Bertz CT molecular complexity index is 802. The molecule has 0 unspecified atom stereocenters. The van der Waals surface area contributed by atoms with Crippen LogP contribution in [0, 0.1) is 25.5 Å². The summed E-state index contributed by atoms with van der Waals surface area (Å²) >= 11 is 5.54. The summed E-state index contributed by atoms with van der Waals surface area (Å²) in [5, 5.41) is 4.02. The molecule has 0 atom stereocenters. The van der Waals surface area contributed by atoms with Crippen LogP contribution in [0.4, 0.5) is 14.5 Å². The molecular weight excluding hydrogens is 352 g/mol. The van der Waals surface area contributed by atoms with Crippen LogP contribution in [0.25, 0.3) is 0 Å². The summed E-state index contributed by atoms with van der Waals surface area (Å²) < 4.78 is 27.2. The third kappa shape index (κ3) is 4.37. The van der Waals surface area contributed by atoms with Crippen LogP contribution in [0.15, 0.2) is 36.4 Å². The summed E-state index contributed by atoms with van der Waals surface area (Å²) in [6.07, 6.45) is 0. The molecule has 6 heteroatoms. The normalized spacial score (nSPS) is 15.2. The van der Waals surface area contributed by atoms with Gasteiger partial charge in [0.25, 0.3) is 0 Å². The fraction of sp³-hybridized carbons (Fsp3) is 0.350. The average molecular weight is 375 g/mol. The van der Waals surface area contributed by atoms with Gasteiger partial charge in [-0.05, 0) is 43.8 Å². The van der Waals surface area contributed by atoms with Crippen LogP contribution in [0.1, 0.15) is 16.7 Å². The summed E-state index contributed by atoms with van der Waals surface area (Å²) in [7, 11) is 0. The smallest absolute Gasteiger partial charge is 0.173 e. The van der Waals surface area contributed by atoms with Gasteiger partial charge in [-0.3, -0.25) is 4.90 Å². The minimum absolute atomic E-state index is 0.398. The van der Waals surface area contributed by atoms with E-state index in [9.17, 15) is 8.78 Å². The SMILES string of the molecule is Cc1ccc(NC(=S)N2CCN(Cc3cccc(F)c3F)CC2)c(C)c1. The molecule has 3 rings (SSSR count). The first-order valence-electron chi connectivity index (χ1n) is 8.72. The predicted octanol–water partition coefficient (Wildman–Crippen LogP) is 4.10. The van der Waals surface area contributed by atoms with Gasteiger partial charge in [-0.1, -0.05) is 29.8 Å². The van der Waals surface area contributed by atoms with Crippen molar-refractivity contribution in [2.45, 2.75) is 20.4 Å². The van der Waals surface area contributed by atoms with Gasteiger partial charge in [-0.2, -0.15) is 0 Å². The molecule has 0 amide bonds. The number of hydrogen-bond acceptors (Lipinski definition) is 2. The maximum absolute atomic E-state index is 13.8. The van der Waals surface area contributed by atoms with E-state index in [1.54, 1.807) is 12.1 Å². The van der Waals surface area contributed by atoms with Crippen molar-refractivity contribution in [3.63, 3.8) is 0 Å². The zero-order valence-corrected chi connectivity index (χ0v) is 15.9. The molecule has 26 heavy (non-hydrogen) atoms. The van der Waals surface area contributed by atoms with Gasteiger partial charge in [0.1, 0.15) is 0 Å². The van der Waals surface area contributed by atoms with Crippen molar-refractivity contribution in [2.75, 3.05) is 31.5 Å². The van der Waals surface area contributed by atoms with Crippen molar-refractivity contribution in [3.8, 4) is 0 Å². The minimum atomic E-state index is -0.792. The number of nitrogens with one attached hydrogen (secondary N) is 1. The number of aryl methyl sites for hydroxylation is 2. The summed E-state index contributed by atoms with van der Waals surface area (Å²) in [6, 6.07) is 10.6. The van der Waals surface area contributed by atoms with Crippen LogP contribution >= 0.6 is 12.2 Å². The summed E-state index contributed by atoms with van der Waals surface area (Å²) in [5.74, 6) is -1.54. The average Bonchev–Trinajstić information content (AvgIpc) is 2.62. The first-order valence-corrected chi connectivity index (χ1v) is 9.13. The van der Waals surface area contributed by atoms with E-state index in [1.807, 2.05) is 6.07 Å². The van der Waals surface area contributed by atoms with Crippen molar-refractivity contribution in [2.24, 2.45) is 0 Å². The lowest BCUT2D eigenvalue weighted by Crippen LogP contribution is -2.49. The third-order valence-corrected chi connectivity index (χ3v) is 5.07. The number of anilines is 1. The molecule has 0 aliphatic carbocycles. The van der Waals surface area contributed by atoms with E-state index in [0.717, 1.165) is 43.5 Å². The zero-order valence-electron chi connectivity index (χ0n) is 15.1. The molecule has 0 radical (unpaired) electrons. The zero-order chi connectivity index (χ0) is 18.7. The van der Waals surface area contributed by atoms with Gasteiger partial charge in [-0.15, -0.1) is 0 Å². The molecule has 1 aliphatic rings. The fourth-order valence-electron chi connectivity index (χ4n) is 3.17. The lowest BCUT2D eigenvalue weighted by atomic mass is 10.1. The van der Waals surface area contributed by atoms with Crippen LogP contribution in [0.2, 0.25) is 0 Å². The van der Waals surface area contributed by atoms with Crippen LogP contribution in [0.3, 0.4) is 0 Å². The highest BCUT2D eigenvalue weighted by Gasteiger charge is 2.20. The fourth-order valence-corrected chi connectivity index (χ4v) is 3.46. The molecule has 0 aromatic heterocycles. The molecule has 1 heterocycles. The standard InChI is InChI=1S/C20H23F2N3S/c1-14-6-7-18(15(2)12-14)23-20(26)25-10-8-24(9-11-25)13-16-4-3-5-17(21)19(16)22/h3-7,12H,8-11,13H2,1-2H3,(H,23,26). The minimum Gasteiger partial charge on any atom is -0.346 e. The van der Waals surface area contributed by atoms with Crippen LogP contribution in [-0.2, 0) is 6.54 Å². The second-order valence-electron chi connectivity index (χ2n) is 6.72. The predicted molar refractivity (Wildman–Crippen MR) is 105 cm³/mol. The van der Waals surface area contributed by atoms with Gasteiger partial charge in [0.2, 0.25) is 0 Å². The van der Waals surface area contributed by atoms with Crippen molar-refractivity contribution < 1.29 is 8.78 Å². The quantitative estimate of drug-likeness (QED) is 0.814. The van der Waals surface area contributed by atoms with Crippen molar-refractivity contribution in [3.05, 3.63) is 64.7 Å². The van der Waals surface area contributed by atoms with Crippen LogP contribution in [-0.4, -0.2) is 41.1 Å². The molecule has 2 aromatic rings. The van der Waals surface area contributed by atoms with E-state index in [2.05, 4.69) is 41.1 Å². The summed E-state index contributed by atoms with van der Waals surface area (Å²) in [4.78, 5) is 4.24. The second kappa shape index (κ2) is 8.10. The largest absolute Gasteiger partial charge is 0.346 e. The van der Waals surface area contributed by atoms with Gasteiger partial charge in [0.05, 0.1) is 0 Å². The maximum atomic E-state index is 13.8. The Balaban J connectivity index is 1.54. The molecule has 0 saturated carbocycles. The molecule has 1 fully saturated rings. The Morgan fingerprint density at radius 1 is 1.08 bits per heavy atom. The van der Waals surface area contributed by atoms with E-state index in [0.29, 0.717) is 17.2 Å². The number of piperazine rings is 1. The molecule has 1 saturated heterocycles.